The fourth-order valence-corrected chi connectivity index (χ4v) is 3.06. The molecule has 1 aliphatic rings. The van der Waals surface area contributed by atoms with Gasteiger partial charge in [0.1, 0.15) is 11.3 Å². The Kier molecular flexibility index (Phi) is 4.50. The zero-order valence-electron chi connectivity index (χ0n) is 14.2. The first-order valence-corrected chi connectivity index (χ1v) is 8.39. The van der Waals surface area contributed by atoms with Gasteiger partial charge in [-0.1, -0.05) is 35.0 Å². The molecule has 0 saturated carbocycles. The molecule has 2 aromatic rings. The summed E-state index contributed by atoms with van der Waals surface area (Å²) in [4.78, 5) is 2.31. The molecule has 1 aromatic heterocycles. The standard InChI is InChI=1S/C18H26N4O/c1-14(2)22-12-17(19-20-22)18(23)9-11-21(13-18)10-8-16-6-4-15(3)5-7-16/h4-7,12,14,23H,8-11,13H2,1-3H3/t18-/m0/s1. The summed E-state index contributed by atoms with van der Waals surface area (Å²) in [6.07, 6.45) is 3.61. The summed E-state index contributed by atoms with van der Waals surface area (Å²) in [5.74, 6) is 0. The van der Waals surface area contributed by atoms with Gasteiger partial charge in [-0.25, -0.2) is 4.68 Å². The van der Waals surface area contributed by atoms with Gasteiger partial charge in [0.15, 0.2) is 0 Å². The highest BCUT2D eigenvalue weighted by Crippen LogP contribution is 2.30. The molecule has 1 aromatic carbocycles. The van der Waals surface area contributed by atoms with E-state index in [1.165, 1.54) is 11.1 Å². The fraction of sp³-hybridized carbons (Fsp3) is 0.556. The topological polar surface area (TPSA) is 54.2 Å². The number of hydrogen-bond donors (Lipinski definition) is 1. The first-order valence-electron chi connectivity index (χ1n) is 8.39. The van der Waals surface area contributed by atoms with Gasteiger partial charge < -0.3 is 5.11 Å². The minimum Gasteiger partial charge on any atom is -0.382 e. The molecule has 0 amide bonds. The summed E-state index contributed by atoms with van der Waals surface area (Å²) >= 11 is 0. The lowest BCUT2D eigenvalue weighted by Crippen LogP contribution is -2.32. The predicted octanol–water partition coefficient (Wildman–Crippen LogP) is 2.30. The van der Waals surface area contributed by atoms with Crippen molar-refractivity contribution in [3.63, 3.8) is 0 Å². The minimum atomic E-state index is -0.861. The molecular weight excluding hydrogens is 288 g/mol. The van der Waals surface area contributed by atoms with Gasteiger partial charge in [0.05, 0.1) is 6.20 Å². The van der Waals surface area contributed by atoms with Gasteiger partial charge in [-0.05, 0) is 39.2 Å². The number of rotatable bonds is 5. The van der Waals surface area contributed by atoms with E-state index in [-0.39, 0.29) is 6.04 Å². The van der Waals surface area contributed by atoms with Crippen LogP contribution in [0, 0.1) is 6.92 Å². The van der Waals surface area contributed by atoms with Crippen molar-refractivity contribution in [1.82, 2.24) is 19.9 Å². The average molecular weight is 314 g/mol. The van der Waals surface area contributed by atoms with Gasteiger partial charge in [-0.2, -0.15) is 0 Å². The second kappa shape index (κ2) is 6.42. The van der Waals surface area contributed by atoms with Gasteiger partial charge >= 0.3 is 0 Å². The Labute approximate surface area is 137 Å². The molecule has 1 N–H and O–H groups in total. The third-order valence-corrected chi connectivity index (χ3v) is 4.68. The summed E-state index contributed by atoms with van der Waals surface area (Å²) in [6.45, 7) is 8.72. The summed E-state index contributed by atoms with van der Waals surface area (Å²) in [6, 6.07) is 8.94. The maximum atomic E-state index is 10.9. The van der Waals surface area contributed by atoms with Crippen LogP contribution in [0.1, 0.15) is 43.1 Å². The molecule has 3 rings (SSSR count). The largest absolute Gasteiger partial charge is 0.382 e. The van der Waals surface area contributed by atoms with Crippen LogP contribution >= 0.6 is 0 Å². The Morgan fingerprint density at radius 1 is 1.26 bits per heavy atom. The normalized spacial score (nSPS) is 22.1. The van der Waals surface area contributed by atoms with Gasteiger partial charge in [0, 0.05) is 25.7 Å². The SMILES string of the molecule is Cc1ccc(CCN2CC[C@@](O)(c3cn(C(C)C)nn3)C2)cc1. The maximum Gasteiger partial charge on any atom is 0.124 e. The summed E-state index contributed by atoms with van der Waals surface area (Å²) in [5, 5.41) is 19.2. The van der Waals surface area contributed by atoms with Gasteiger partial charge in [-0.3, -0.25) is 4.90 Å². The molecule has 5 heteroatoms. The van der Waals surface area contributed by atoms with Gasteiger partial charge in [-0.15, -0.1) is 5.10 Å². The number of nitrogens with zero attached hydrogens (tertiary/aromatic N) is 4. The highest BCUT2D eigenvalue weighted by atomic mass is 16.3. The average Bonchev–Trinajstić information content (AvgIpc) is 3.15. The van der Waals surface area contributed by atoms with Crippen molar-refractivity contribution in [2.75, 3.05) is 19.6 Å². The van der Waals surface area contributed by atoms with Crippen LogP contribution in [-0.2, 0) is 12.0 Å². The van der Waals surface area contributed by atoms with Crippen LogP contribution in [0.2, 0.25) is 0 Å². The van der Waals surface area contributed by atoms with E-state index in [2.05, 4.69) is 60.2 Å². The molecule has 2 heterocycles. The first-order chi connectivity index (χ1) is 11.0. The summed E-state index contributed by atoms with van der Waals surface area (Å²) in [7, 11) is 0. The zero-order chi connectivity index (χ0) is 16.4. The fourth-order valence-electron chi connectivity index (χ4n) is 3.06. The van der Waals surface area contributed by atoms with Crippen LogP contribution in [0.5, 0.6) is 0 Å². The maximum absolute atomic E-state index is 10.9. The minimum absolute atomic E-state index is 0.263. The first kappa shape index (κ1) is 16.1. The number of aryl methyl sites for hydroxylation is 1. The van der Waals surface area contributed by atoms with Gasteiger partial charge in [0.2, 0.25) is 0 Å². The Morgan fingerprint density at radius 2 is 2.00 bits per heavy atom. The molecule has 0 unspecified atom stereocenters. The molecule has 124 valence electrons. The summed E-state index contributed by atoms with van der Waals surface area (Å²) in [5.41, 5.74) is 2.47. The molecule has 1 aliphatic heterocycles. The van der Waals surface area contributed by atoms with Crippen molar-refractivity contribution in [3.8, 4) is 0 Å². The number of aromatic nitrogens is 3. The van der Waals surface area contributed by atoms with E-state index in [0.717, 1.165) is 25.9 Å². The molecule has 1 saturated heterocycles. The highest BCUT2D eigenvalue weighted by molar-refractivity contribution is 5.21. The number of likely N-dealkylation sites (tertiary alicyclic amines) is 1. The van der Waals surface area contributed by atoms with Crippen LogP contribution in [0.15, 0.2) is 30.5 Å². The summed E-state index contributed by atoms with van der Waals surface area (Å²) < 4.78 is 1.81. The monoisotopic (exact) mass is 314 g/mol. The molecule has 0 spiro atoms. The van der Waals surface area contributed by atoms with Crippen LogP contribution in [-0.4, -0.2) is 44.6 Å². The molecule has 0 radical (unpaired) electrons. The third-order valence-electron chi connectivity index (χ3n) is 4.68. The highest BCUT2D eigenvalue weighted by Gasteiger charge is 2.39. The molecule has 1 fully saturated rings. The van der Waals surface area contributed by atoms with Crippen molar-refractivity contribution in [3.05, 3.63) is 47.3 Å². The van der Waals surface area contributed by atoms with E-state index in [0.29, 0.717) is 12.2 Å². The van der Waals surface area contributed by atoms with Crippen molar-refractivity contribution in [2.24, 2.45) is 0 Å². The van der Waals surface area contributed by atoms with E-state index < -0.39 is 5.60 Å². The lowest BCUT2D eigenvalue weighted by molar-refractivity contribution is 0.0418. The Morgan fingerprint density at radius 3 is 2.65 bits per heavy atom. The second-order valence-corrected chi connectivity index (χ2v) is 6.97. The molecule has 0 aliphatic carbocycles. The van der Waals surface area contributed by atoms with E-state index in [1.807, 2.05) is 10.9 Å². The van der Waals surface area contributed by atoms with E-state index in [4.69, 9.17) is 0 Å². The molecule has 5 nitrogen and oxygen atoms in total. The quantitative estimate of drug-likeness (QED) is 0.920. The molecule has 1 atom stereocenters. The predicted molar refractivity (Wildman–Crippen MR) is 90.2 cm³/mol. The smallest absolute Gasteiger partial charge is 0.124 e. The molecule has 23 heavy (non-hydrogen) atoms. The Hall–Kier alpha value is -1.72. The van der Waals surface area contributed by atoms with E-state index in [1.54, 1.807) is 0 Å². The van der Waals surface area contributed by atoms with Crippen molar-refractivity contribution in [2.45, 2.75) is 45.3 Å². The van der Waals surface area contributed by atoms with Crippen molar-refractivity contribution >= 4 is 0 Å². The zero-order valence-corrected chi connectivity index (χ0v) is 14.2. The van der Waals surface area contributed by atoms with Crippen molar-refractivity contribution in [1.29, 1.82) is 0 Å². The Bertz CT molecular complexity index is 649. The number of hydrogen-bond acceptors (Lipinski definition) is 4. The molecule has 0 bridgehead atoms. The van der Waals surface area contributed by atoms with Crippen LogP contribution in [0.3, 0.4) is 0 Å². The van der Waals surface area contributed by atoms with E-state index in [9.17, 15) is 5.11 Å². The lowest BCUT2D eigenvalue weighted by atomic mass is 10.00. The second-order valence-electron chi connectivity index (χ2n) is 6.97. The third kappa shape index (κ3) is 3.62. The van der Waals surface area contributed by atoms with Crippen LogP contribution in [0.25, 0.3) is 0 Å². The molecular formula is C18H26N4O. The van der Waals surface area contributed by atoms with Crippen molar-refractivity contribution < 1.29 is 5.11 Å². The number of benzene rings is 1. The van der Waals surface area contributed by atoms with Crippen LogP contribution in [0.4, 0.5) is 0 Å². The number of aliphatic hydroxyl groups is 1. The number of β-amino-alcohol motifs (C(OH)–C–C–N with tert-alkyl or cyclic N) is 1. The van der Waals surface area contributed by atoms with Crippen LogP contribution < -0.4 is 0 Å². The lowest BCUT2D eigenvalue weighted by Gasteiger charge is -2.21. The van der Waals surface area contributed by atoms with Gasteiger partial charge in [0.25, 0.3) is 0 Å². The Balaban J connectivity index is 1.59. The van der Waals surface area contributed by atoms with E-state index >= 15 is 0 Å².